The molecule has 164 valence electrons. The summed E-state index contributed by atoms with van der Waals surface area (Å²) in [7, 11) is 0. The van der Waals surface area contributed by atoms with Crippen LogP contribution in [0.2, 0.25) is 0 Å². The van der Waals surface area contributed by atoms with Gasteiger partial charge in [-0.05, 0) is 37.0 Å². The van der Waals surface area contributed by atoms with E-state index in [9.17, 15) is 0 Å². The van der Waals surface area contributed by atoms with Gasteiger partial charge in [-0.3, -0.25) is 0 Å². The van der Waals surface area contributed by atoms with Crippen molar-refractivity contribution in [3.8, 4) is 11.1 Å². The number of anilines is 2. The number of hydrogen-bond donors (Lipinski definition) is 2. The number of aromatic nitrogens is 4. The van der Waals surface area contributed by atoms with E-state index in [1.54, 1.807) is 0 Å². The first-order chi connectivity index (χ1) is 15.6. The molecule has 0 amide bonds. The average molecular weight is 428 g/mol. The largest absolute Gasteiger partial charge is 0.364 e. The van der Waals surface area contributed by atoms with Gasteiger partial charge in [0.15, 0.2) is 17.0 Å². The van der Waals surface area contributed by atoms with E-state index in [0.29, 0.717) is 6.54 Å². The lowest BCUT2D eigenvalue weighted by Crippen LogP contribution is -2.28. The summed E-state index contributed by atoms with van der Waals surface area (Å²) in [6, 6.07) is 19.5. The van der Waals surface area contributed by atoms with E-state index in [4.69, 9.17) is 15.7 Å². The van der Waals surface area contributed by atoms with Crippen molar-refractivity contribution in [2.75, 3.05) is 23.3 Å². The molecular weight excluding hydrogens is 398 g/mol. The smallest absolute Gasteiger partial charge is 0.229 e. The Bertz CT molecular complexity index is 1200. The van der Waals surface area contributed by atoms with Crippen LogP contribution in [0.1, 0.15) is 31.9 Å². The highest BCUT2D eigenvalue weighted by molar-refractivity contribution is 5.84. The average Bonchev–Trinajstić information content (AvgIpc) is 3.45. The van der Waals surface area contributed by atoms with Crippen molar-refractivity contribution in [3.63, 3.8) is 0 Å². The van der Waals surface area contributed by atoms with Crippen molar-refractivity contribution in [1.29, 1.82) is 0 Å². The van der Waals surface area contributed by atoms with Crippen molar-refractivity contribution in [1.82, 2.24) is 19.5 Å². The second-order valence-corrected chi connectivity index (χ2v) is 8.70. The third kappa shape index (κ3) is 4.03. The van der Waals surface area contributed by atoms with Crippen LogP contribution >= 0.6 is 0 Å². The van der Waals surface area contributed by atoms with Gasteiger partial charge in [-0.15, -0.1) is 0 Å². The molecule has 3 heterocycles. The third-order valence-corrected chi connectivity index (χ3v) is 5.99. The van der Waals surface area contributed by atoms with Gasteiger partial charge in [0, 0.05) is 31.7 Å². The highest BCUT2D eigenvalue weighted by Gasteiger charge is 2.24. The number of nitrogens with two attached hydrogens (primary N) is 1. The molecule has 2 aromatic carbocycles. The van der Waals surface area contributed by atoms with Crippen LogP contribution in [-0.2, 0) is 6.54 Å². The fourth-order valence-electron chi connectivity index (χ4n) is 4.15. The first-order valence-corrected chi connectivity index (χ1v) is 11.2. The lowest BCUT2D eigenvalue weighted by molar-refractivity contribution is 0.612. The van der Waals surface area contributed by atoms with Crippen molar-refractivity contribution in [3.05, 3.63) is 66.5 Å². The number of benzene rings is 2. The van der Waals surface area contributed by atoms with Crippen LogP contribution < -0.4 is 16.0 Å². The molecule has 5 rings (SSSR count). The monoisotopic (exact) mass is 427 g/mol. The lowest BCUT2D eigenvalue weighted by Gasteiger charge is -2.18. The zero-order chi connectivity index (χ0) is 22.1. The second-order valence-electron chi connectivity index (χ2n) is 8.70. The molecule has 1 atom stereocenters. The second kappa shape index (κ2) is 8.59. The lowest BCUT2D eigenvalue weighted by atomic mass is 10.0. The highest BCUT2D eigenvalue weighted by Crippen LogP contribution is 2.27. The quantitative estimate of drug-likeness (QED) is 0.479. The van der Waals surface area contributed by atoms with E-state index in [1.807, 2.05) is 12.4 Å². The minimum absolute atomic E-state index is 0.170. The maximum atomic E-state index is 6.13. The number of rotatable bonds is 6. The molecule has 0 saturated carbocycles. The van der Waals surface area contributed by atoms with Crippen LogP contribution in [0.25, 0.3) is 22.3 Å². The number of nitrogens with zero attached hydrogens (tertiary/aromatic N) is 5. The van der Waals surface area contributed by atoms with E-state index in [-0.39, 0.29) is 12.1 Å². The summed E-state index contributed by atoms with van der Waals surface area (Å²) in [5, 5.41) is 3.51. The molecule has 32 heavy (non-hydrogen) atoms. The SMILES string of the molecule is CC(C)n1cnc2c(NCc3ccc(-c4ccccc4)cc3)nc(N3CC[C@H](N)C3)nc21. The molecule has 0 bridgehead atoms. The first kappa shape index (κ1) is 20.5. The number of hydrogen-bond acceptors (Lipinski definition) is 6. The third-order valence-electron chi connectivity index (χ3n) is 5.99. The molecule has 1 saturated heterocycles. The Hall–Kier alpha value is -3.45. The fourth-order valence-corrected chi connectivity index (χ4v) is 4.15. The predicted octanol–water partition coefficient (Wildman–Crippen LogP) is 4.22. The van der Waals surface area contributed by atoms with Gasteiger partial charge in [-0.25, -0.2) is 4.98 Å². The molecule has 0 spiro atoms. The van der Waals surface area contributed by atoms with E-state index >= 15 is 0 Å². The first-order valence-electron chi connectivity index (χ1n) is 11.2. The Balaban J connectivity index is 1.42. The Morgan fingerprint density at radius 1 is 1.03 bits per heavy atom. The molecule has 2 aromatic heterocycles. The van der Waals surface area contributed by atoms with Gasteiger partial charge in [0.2, 0.25) is 5.95 Å². The molecule has 0 radical (unpaired) electrons. The van der Waals surface area contributed by atoms with Gasteiger partial charge >= 0.3 is 0 Å². The summed E-state index contributed by atoms with van der Waals surface area (Å²) in [6.07, 6.45) is 2.81. The molecule has 7 nitrogen and oxygen atoms in total. The number of fused-ring (bicyclic) bond motifs is 1. The van der Waals surface area contributed by atoms with Gasteiger partial charge in [-0.1, -0.05) is 54.6 Å². The van der Waals surface area contributed by atoms with E-state index in [1.165, 1.54) is 16.7 Å². The van der Waals surface area contributed by atoms with Crippen LogP contribution in [-0.4, -0.2) is 38.7 Å². The summed E-state index contributed by atoms with van der Waals surface area (Å²) >= 11 is 0. The maximum absolute atomic E-state index is 6.13. The molecule has 0 aliphatic carbocycles. The van der Waals surface area contributed by atoms with Crippen LogP contribution in [0.15, 0.2) is 60.9 Å². The van der Waals surface area contributed by atoms with Gasteiger partial charge in [0.25, 0.3) is 0 Å². The van der Waals surface area contributed by atoms with Crippen molar-refractivity contribution in [2.24, 2.45) is 5.73 Å². The topological polar surface area (TPSA) is 84.9 Å². The molecule has 1 aliphatic heterocycles. The van der Waals surface area contributed by atoms with Gasteiger partial charge in [-0.2, -0.15) is 9.97 Å². The molecule has 1 aliphatic rings. The zero-order valence-corrected chi connectivity index (χ0v) is 18.6. The zero-order valence-electron chi connectivity index (χ0n) is 18.6. The highest BCUT2D eigenvalue weighted by atomic mass is 15.3. The maximum Gasteiger partial charge on any atom is 0.229 e. The van der Waals surface area contributed by atoms with E-state index in [0.717, 1.165) is 42.4 Å². The Morgan fingerprint density at radius 2 is 1.78 bits per heavy atom. The van der Waals surface area contributed by atoms with Gasteiger partial charge < -0.3 is 20.5 Å². The summed E-state index contributed by atoms with van der Waals surface area (Å²) in [6.45, 7) is 6.59. The summed E-state index contributed by atoms with van der Waals surface area (Å²) in [5.74, 6) is 1.48. The van der Waals surface area contributed by atoms with Crippen LogP contribution in [0, 0.1) is 0 Å². The molecule has 7 heteroatoms. The number of imidazole rings is 1. The summed E-state index contributed by atoms with van der Waals surface area (Å²) in [5.41, 5.74) is 11.4. The Labute approximate surface area is 188 Å². The molecule has 1 fully saturated rings. The fraction of sp³-hybridized carbons (Fsp3) is 0.320. The Kier molecular flexibility index (Phi) is 5.49. The standard InChI is InChI=1S/C25H29N7/c1-17(2)32-16-28-22-23(29-25(30-24(22)32)31-13-12-21(26)15-31)27-14-18-8-10-20(11-9-18)19-6-4-3-5-7-19/h3-11,16-17,21H,12-15,26H2,1-2H3,(H,27,29,30)/t21-/m0/s1. The minimum atomic E-state index is 0.170. The van der Waals surface area contributed by atoms with Gasteiger partial charge in [0.1, 0.15) is 0 Å². The van der Waals surface area contributed by atoms with E-state index in [2.05, 4.69) is 82.1 Å². The summed E-state index contributed by atoms with van der Waals surface area (Å²) in [4.78, 5) is 16.5. The summed E-state index contributed by atoms with van der Waals surface area (Å²) < 4.78 is 2.09. The van der Waals surface area contributed by atoms with Crippen LogP contribution in [0.5, 0.6) is 0 Å². The molecule has 4 aromatic rings. The van der Waals surface area contributed by atoms with Crippen LogP contribution in [0.4, 0.5) is 11.8 Å². The number of nitrogens with one attached hydrogen (secondary N) is 1. The van der Waals surface area contributed by atoms with Crippen molar-refractivity contribution >= 4 is 22.9 Å². The molecular formula is C25H29N7. The Morgan fingerprint density at radius 3 is 2.47 bits per heavy atom. The van der Waals surface area contributed by atoms with Gasteiger partial charge in [0.05, 0.1) is 6.33 Å². The molecule has 3 N–H and O–H groups in total. The van der Waals surface area contributed by atoms with Crippen LogP contribution in [0.3, 0.4) is 0 Å². The van der Waals surface area contributed by atoms with Crippen molar-refractivity contribution < 1.29 is 0 Å². The predicted molar refractivity (Wildman–Crippen MR) is 130 cm³/mol. The normalized spacial score (nSPS) is 16.2. The van der Waals surface area contributed by atoms with Crippen molar-refractivity contribution in [2.45, 2.75) is 38.9 Å². The molecule has 0 unspecified atom stereocenters. The van der Waals surface area contributed by atoms with E-state index < -0.39 is 0 Å². The minimum Gasteiger partial charge on any atom is -0.364 e.